The standard InChI is InChI=1S/C23H16Cl3N3O2/c24-14-9-10-20-16(11-14)23(15-5-1-2-6-17(15)25)27-12-22(31)29(20)13-21(30)28-19-8-4-3-7-18(19)26/h1-11H,12-13H2,(H,28,30). The normalized spacial score (nSPS) is 13.3. The van der Waals surface area contributed by atoms with Crippen molar-refractivity contribution in [2.24, 2.45) is 4.99 Å². The third kappa shape index (κ3) is 4.59. The van der Waals surface area contributed by atoms with Crippen molar-refractivity contribution in [2.45, 2.75) is 0 Å². The van der Waals surface area contributed by atoms with Crippen molar-refractivity contribution in [3.63, 3.8) is 0 Å². The second kappa shape index (κ2) is 9.10. The number of amides is 2. The lowest BCUT2D eigenvalue weighted by molar-refractivity contribution is -0.120. The molecular formula is C23H16Cl3N3O2. The van der Waals surface area contributed by atoms with Crippen molar-refractivity contribution in [2.75, 3.05) is 23.3 Å². The second-order valence-corrected chi connectivity index (χ2v) is 8.06. The van der Waals surface area contributed by atoms with Gasteiger partial charge in [0.2, 0.25) is 11.8 Å². The zero-order valence-electron chi connectivity index (χ0n) is 16.1. The van der Waals surface area contributed by atoms with Gasteiger partial charge in [0.05, 0.1) is 22.1 Å². The molecule has 1 aliphatic rings. The molecule has 0 atom stereocenters. The first-order valence-electron chi connectivity index (χ1n) is 9.38. The predicted molar refractivity (Wildman–Crippen MR) is 126 cm³/mol. The van der Waals surface area contributed by atoms with Gasteiger partial charge in [0.25, 0.3) is 0 Å². The lowest BCUT2D eigenvalue weighted by atomic mass is 10.00. The summed E-state index contributed by atoms with van der Waals surface area (Å²) < 4.78 is 0. The number of benzene rings is 3. The molecule has 1 N–H and O–H groups in total. The molecule has 3 aromatic carbocycles. The number of carbonyl (C=O) groups is 2. The Balaban J connectivity index is 1.70. The van der Waals surface area contributed by atoms with Gasteiger partial charge in [-0.1, -0.05) is 65.1 Å². The smallest absolute Gasteiger partial charge is 0.249 e. The summed E-state index contributed by atoms with van der Waals surface area (Å²) in [5.74, 6) is -0.705. The number of para-hydroxylation sites is 1. The predicted octanol–water partition coefficient (Wildman–Crippen LogP) is 5.47. The first kappa shape index (κ1) is 21.4. The van der Waals surface area contributed by atoms with E-state index in [1.54, 1.807) is 48.5 Å². The average molecular weight is 473 g/mol. The van der Waals surface area contributed by atoms with Gasteiger partial charge in [-0.05, 0) is 36.4 Å². The highest BCUT2D eigenvalue weighted by Crippen LogP contribution is 2.31. The van der Waals surface area contributed by atoms with E-state index in [4.69, 9.17) is 34.8 Å². The summed E-state index contributed by atoms with van der Waals surface area (Å²) in [5, 5.41) is 4.14. The fraction of sp³-hybridized carbons (Fsp3) is 0.0870. The Morgan fingerprint density at radius 2 is 1.65 bits per heavy atom. The molecule has 3 aromatic rings. The van der Waals surface area contributed by atoms with Gasteiger partial charge in [-0.3, -0.25) is 14.6 Å². The number of nitrogens with zero attached hydrogens (tertiary/aromatic N) is 2. The summed E-state index contributed by atoms with van der Waals surface area (Å²) in [6.45, 7) is -0.337. The summed E-state index contributed by atoms with van der Waals surface area (Å²) in [6, 6.07) is 19.2. The molecule has 156 valence electrons. The van der Waals surface area contributed by atoms with E-state index in [1.807, 2.05) is 18.2 Å². The van der Waals surface area contributed by atoms with Crippen molar-refractivity contribution < 1.29 is 9.59 Å². The minimum Gasteiger partial charge on any atom is -0.323 e. The van der Waals surface area contributed by atoms with Gasteiger partial charge in [-0.25, -0.2) is 0 Å². The lowest BCUT2D eigenvalue weighted by Gasteiger charge is -2.23. The van der Waals surface area contributed by atoms with E-state index in [0.717, 1.165) is 0 Å². The fourth-order valence-electron chi connectivity index (χ4n) is 3.34. The summed E-state index contributed by atoms with van der Waals surface area (Å²) in [5.41, 5.74) is 2.85. The van der Waals surface area contributed by atoms with Gasteiger partial charge in [-0.2, -0.15) is 0 Å². The maximum Gasteiger partial charge on any atom is 0.249 e. The molecule has 1 heterocycles. The van der Waals surface area contributed by atoms with Crippen LogP contribution in [0.3, 0.4) is 0 Å². The number of halogens is 3. The molecule has 5 nitrogen and oxygen atoms in total. The maximum atomic E-state index is 12.9. The van der Waals surface area contributed by atoms with Gasteiger partial charge in [0.15, 0.2) is 0 Å². The number of benzodiazepines with no additional fused rings is 1. The van der Waals surface area contributed by atoms with E-state index in [1.165, 1.54) is 4.90 Å². The van der Waals surface area contributed by atoms with Crippen LogP contribution in [0.2, 0.25) is 15.1 Å². The topological polar surface area (TPSA) is 61.8 Å². The van der Waals surface area contributed by atoms with Crippen molar-refractivity contribution >= 4 is 63.7 Å². The molecule has 0 bridgehead atoms. The van der Waals surface area contributed by atoms with Crippen LogP contribution in [0.5, 0.6) is 0 Å². The van der Waals surface area contributed by atoms with Crippen molar-refractivity contribution in [1.29, 1.82) is 0 Å². The number of carbonyl (C=O) groups excluding carboxylic acids is 2. The number of aliphatic imine (C=N–C) groups is 1. The number of rotatable bonds is 4. The number of anilines is 2. The van der Waals surface area contributed by atoms with Crippen molar-refractivity contribution in [3.8, 4) is 0 Å². The van der Waals surface area contributed by atoms with E-state index >= 15 is 0 Å². The molecule has 1 aliphatic heterocycles. The van der Waals surface area contributed by atoms with Crippen molar-refractivity contribution in [1.82, 2.24) is 0 Å². The van der Waals surface area contributed by atoms with Crippen LogP contribution in [0.1, 0.15) is 11.1 Å². The molecule has 0 aliphatic carbocycles. The van der Waals surface area contributed by atoms with Crippen molar-refractivity contribution in [3.05, 3.63) is 92.9 Å². The molecule has 0 fully saturated rings. The first-order chi connectivity index (χ1) is 14.9. The minimum atomic E-state index is -0.386. The Hall–Kier alpha value is -2.86. The molecule has 2 amide bonds. The number of hydrogen-bond acceptors (Lipinski definition) is 3. The van der Waals surface area contributed by atoms with Gasteiger partial charge in [0.1, 0.15) is 13.1 Å². The molecule has 0 aromatic heterocycles. The Kier molecular flexibility index (Phi) is 6.28. The van der Waals surface area contributed by atoms with Gasteiger partial charge < -0.3 is 10.2 Å². The highest BCUT2D eigenvalue weighted by molar-refractivity contribution is 6.37. The molecular weight excluding hydrogens is 457 g/mol. The molecule has 8 heteroatoms. The third-order valence-electron chi connectivity index (χ3n) is 4.76. The Morgan fingerprint density at radius 3 is 2.39 bits per heavy atom. The van der Waals surface area contributed by atoms with Crippen LogP contribution >= 0.6 is 34.8 Å². The van der Waals surface area contributed by atoms with Crippen LogP contribution in [-0.4, -0.2) is 30.6 Å². The Bertz CT molecular complexity index is 1210. The number of hydrogen-bond donors (Lipinski definition) is 1. The van der Waals surface area contributed by atoms with E-state index < -0.39 is 0 Å². The molecule has 0 saturated heterocycles. The minimum absolute atomic E-state index is 0.133. The van der Waals surface area contributed by atoms with Crippen LogP contribution in [0.25, 0.3) is 0 Å². The van der Waals surface area contributed by atoms with Gasteiger partial charge >= 0.3 is 0 Å². The van der Waals surface area contributed by atoms with Crippen LogP contribution in [0, 0.1) is 0 Å². The highest BCUT2D eigenvalue weighted by Gasteiger charge is 2.28. The number of fused-ring (bicyclic) bond motifs is 1. The summed E-state index contributed by atoms with van der Waals surface area (Å²) in [4.78, 5) is 31.5. The molecule has 0 spiro atoms. The Labute approximate surface area is 194 Å². The zero-order valence-corrected chi connectivity index (χ0v) is 18.4. The fourth-order valence-corrected chi connectivity index (χ4v) is 3.92. The van der Waals surface area contributed by atoms with Gasteiger partial charge in [-0.15, -0.1) is 0 Å². The molecule has 31 heavy (non-hydrogen) atoms. The van der Waals surface area contributed by atoms with Gasteiger partial charge in [0, 0.05) is 21.2 Å². The van der Waals surface area contributed by atoms with E-state index in [9.17, 15) is 9.59 Å². The average Bonchev–Trinajstić information content (AvgIpc) is 2.87. The second-order valence-electron chi connectivity index (χ2n) is 6.81. The van der Waals surface area contributed by atoms with E-state index in [2.05, 4.69) is 10.3 Å². The molecule has 0 unspecified atom stereocenters. The SMILES string of the molecule is O=C(CN1C(=O)CN=C(c2ccccc2Cl)c2cc(Cl)ccc21)Nc1ccccc1Cl. The zero-order chi connectivity index (χ0) is 22.0. The molecule has 4 rings (SSSR count). The quantitative estimate of drug-likeness (QED) is 0.547. The third-order valence-corrected chi connectivity index (χ3v) is 5.65. The molecule has 0 radical (unpaired) electrons. The van der Waals surface area contributed by atoms with E-state index in [-0.39, 0.29) is 24.9 Å². The van der Waals surface area contributed by atoms with Crippen LogP contribution in [-0.2, 0) is 9.59 Å². The van der Waals surface area contributed by atoms with Crippen LogP contribution < -0.4 is 10.2 Å². The lowest BCUT2D eigenvalue weighted by Crippen LogP contribution is -2.39. The first-order valence-corrected chi connectivity index (χ1v) is 10.5. The monoisotopic (exact) mass is 471 g/mol. The Morgan fingerprint density at radius 1 is 0.935 bits per heavy atom. The highest BCUT2D eigenvalue weighted by atomic mass is 35.5. The van der Waals surface area contributed by atoms with Crippen LogP contribution in [0.15, 0.2) is 71.7 Å². The largest absolute Gasteiger partial charge is 0.323 e. The summed E-state index contributed by atoms with van der Waals surface area (Å²) in [6.07, 6.45) is 0. The summed E-state index contributed by atoms with van der Waals surface area (Å²) in [7, 11) is 0. The number of nitrogens with one attached hydrogen (secondary N) is 1. The van der Waals surface area contributed by atoms with E-state index in [0.29, 0.717) is 43.3 Å². The summed E-state index contributed by atoms with van der Waals surface area (Å²) >= 11 is 18.8. The van der Waals surface area contributed by atoms with Crippen LogP contribution in [0.4, 0.5) is 11.4 Å². The maximum absolute atomic E-state index is 12.9. The molecule has 0 saturated carbocycles.